The molecule has 0 aliphatic rings. The van der Waals surface area contributed by atoms with E-state index in [4.69, 9.17) is 0 Å². The molecule has 1 N–H and O–H groups in total. The molecule has 3 heterocycles. The number of nitrogens with one attached hydrogen (secondary N) is 1. The van der Waals surface area contributed by atoms with E-state index in [9.17, 15) is 0 Å². The summed E-state index contributed by atoms with van der Waals surface area (Å²) in [6, 6.07) is 10.4. The van der Waals surface area contributed by atoms with Crippen LogP contribution in [0.5, 0.6) is 0 Å². The lowest BCUT2D eigenvalue weighted by Crippen LogP contribution is -2.18. The molecule has 0 spiro atoms. The van der Waals surface area contributed by atoms with Crippen LogP contribution in [0.1, 0.15) is 17.3 Å². The highest BCUT2D eigenvalue weighted by molar-refractivity contribution is 5.89. The summed E-state index contributed by atoms with van der Waals surface area (Å²) in [5, 5.41) is 9.00. The van der Waals surface area contributed by atoms with Gasteiger partial charge in [0.15, 0.2) is 5.65 Å². The van der Waals surface area contributed by atoms with Gasteiger partial charge in [0.1, 0.15) is 12.1 Å². The summed E-state index contributed by atoms with van der Waals surface area (Å²) in [4.78, 5) is 13.0. The normalized spacial score (nSPS) is 12.4. The monoisotopic (exact) mass is 333 g/mol. The Bertz CT molecular complexity index is 974. The van der Waals surface area contributed by atoms with Crippen molar-refractivity contribution in [3.8, 4) is 0 Å². The second-order valence-corrected chi connectivity index (χ2v) is 6.00. The summed E-state index contributed by atoms with van der Waals surface area (Å²) in [6.07, 6.45) is 7.15. The third kappa shape index (κ3) is 2.96. The quantitative estimate of drug-likeness (QED) is 0.608. The molecule has 0 aliphatic carbocycles. The van der Waals surface area contributed by atoms with E-state index in [0.717, 1.165) is 29.1 Å². The Hall–Kier alpha value is -3.22. The van der Waals surface area contributed by atoms with Gasteiger partial charge in [-0.3, -0.25) is 4.68 Å². The predicted octanol–water partition coefficient (Wildman–Crippen LogP) is 2.72. The van der Waals surface area contributed by atoms with Crippen molar-refractivity contribution in [2.24, 2.45) is 7.05 Å². The SMILES string of the molecule is Cc1nn(C)c2ncnc(NC(Cn3ccnc3)c3ccccc3)c12. The van der Waals surface area contributed by atoms with Gasteiger partial charge in [-0.05, 0) is 12.5 Å². The van der Waals surface area contributed by atoms with Crippen molar-refractivity contribution >= 4 is 16.9 Å². The van der Waals surface area contributed by atoms with E-state index in [1.165, 1.54) is 5.56 Å². The van der Waals surface area contributed by atoms with Gasteiger partial charge < -0.3 is 9.88 Å². The standard InChI is InChI=1S/C18H19N7/c1-13-16-17(20-11-21-18(16)24(2)23-13)22-15(10-25-9-8-19-12-25)14-6-4-3-5-7-14/h3-9,11-12,15H,10H2,1-2H3,(H,20,21,22). The van der Waals surface area contributed by atoms with Gasteiger partial charge in [0.05, 0.1) is 23.4 Å². The molecule has 25 heavy (non-hydrogen) atoms. The largest absolute Gasteiger partial charge is 0.361 e. The van der Waals surface area contributed by atoms with Gasteiger partial charge in [-0.15, -0.1) is 0 Å². The third-order valence-corrected chi connectivity index (χ3v) is 4.26. The average molecular weight is 333 g/mol. The fourth-order valence-corrected chi connectivity index (χ4v) is 3.08. The molecule has 3 aromatic heterocycles. The Balaban J connectivity index is 1.74. The van der Waals surface area contributed by atoms with Gasteiger partial charge >= 0.3 is 0 Å². The molecule has 0 aliphatic heterocycles. The molecule has 4 rings (SSSR count). The number of anilines is 1. The first-order valence-corrected chi connectivity index (χ1v) is 8.14. The minimum absolute atomic E-state index is 0.0492. The average Bonchev–Trinajstić information content (AvgIpc) is 3.24. The number of aryl methyl sites for hydroxylation is 2. The third-order valence-electron chi connectivity index (χ3n) is 4.26. The summed E-state index contributed by atoms with van der Waals surface area (Å²) in [6.45, 7) is 2.72. The van der Waals surface area contributed by atoms with Crippen LogP contribution in [0.4, 0.5) is 5.82 Å². The maximum atomic E-state index is 4.48. The number of nitrogens with zero attached hydrogens (tertiary/aromatic N) is 6. The van der Waals surface area contributed by atoms with Gasteiger partial charge in [0.2, 0.25) is 0 Å². The zero-order valence-corrected chi connectivity index (χ0v) is 14.2. The Morgan fingerprint density at radius 2 is 2.00 bits per heavy atom. The lowest BCUT2D eigenvalue weighted by Gasteiger charge is -2.20. The van der Waals surface area contributed by atoms with Gasteiger partial charge in [0, 0.05) is 26.0 Å². The van der Waals surface area contributed by atoms with Crippen molar-refractivity contribution in [1.29, 1.82) is 0 Å². The molecule has 0 radical (unpaired) electrons. The molecule has 4 aromatic rings. The van der Waals surface area contributed by atoms with E-state index in [-0.39, 0.29) is 6.04 Å². The summed E-state index contributed by atoms with van der Waals surface area (Å²) in [7, 11) is 1.90. The molecule has 0 amide bonds. The molecule has 7 heteroatoms. The minimum Gasteiger partial charge on any atom is -0.361 e. The fraction of sp³-hybridized carbons (Fsp3) is 0.222. The topological polar surface area (TPSA) is 73.5 Å². The van der Waals surface area contributed by atoms with Crippen LogP contribution in [0, 0.1) is 6.92 Å². The summed E-state index contributed by atoms with van der Waals surface area (Å²) in [5.41, 5.74) is 2.92. The van der Waals surface area contributed by atoms with Gasteiger partial charge in [0.25, 0.3) is 0 Å². The Kier molecular flexibility index (Phi) is 3.89. The highest BCUT2D eigenvalue weighted by Crippen LogP contribution is 2.27. The second kappa shape index (κ2) is 6.35. The molecule has 1 atom stereocenters. The van der Waals surface area contributed by atoms with Crippen molar-refractivity contribution in [2.45, 2.75) is 19.5 Å². The van der Waals surface area contributed by atoms with E-state index in [0.29, 0.717) is 0 Å². The number of imidazole rings is 1. The van der Waals surface area contributed by atoms with Crippen LogP contribution in [0.3, 0.4) is 0 Å². The van der Waals surface area contributed by atoms with Crippen molar-refractivity contribution < 1.29 is 0 Å². The predicted molar refractivity (Wildman–Crippen MR) is 96.1 cm³/mol. The first-order valence-electron chi connectivity index (χ1n) is 8.14. The van der Waals surface area contributed by atoms with Crippen molar-refractivity contribution in [1.82, 2.24) is 29.3 Å². The maximum Gasteiger partial charge on any atom is 0.163 e. The highest BCUT2D eigenvalue weighted by Gasteiger charge is 2.17. The first-order chi connectivity index (χ1) is 12.2. The first kappa shape index (κ1) is 15.3. The second-order valence-electron chi connectivity index (χ2n) is 6.00. The number of fused-ring (bicyclic) bond motifs is 1. The van der Waals surface area contributed by atoms with Crippen LogP contribution in [-0.2, 0) is 13.6 Å². The van der Waals surface area contributed by atoms with E-state index in [1.54, 1.807) is 17.2 Å². The number of hydrogen-bond donors (Lipinski definition) is 1. The summed E-state index contributed by atoms with van der Waals surface area (Å²) in [5.74, 6) is 0.796. The molecule has 1 unspecified atom stereocenters. The number of hydrogen-bond acceptors (Lipinski definition) is 5. The van der Waals surface area contributed by atoms with E-state index in [2.05, 4.69) is 42.1 Å². The van der Waals surface area contributed by atoms with E-state index < -0.39 is 0 Å². The molecular weight excluding hydrogens is 314 g/mol. The number of aromatic nitrogens is 6. The summed E-state index contributed by atoms with van der Waals surface area (Å²) < 4.78 is 3.84. The lowest BCUT2D eigenvalue weighted by molar-refractivity contribution is 0.606. The molecule has 126 valence electrons. The van der Waals surface area contributed by atoms with Crippen LogP contribution < -0.4 is 5.32 Å². The number of benzene rings is 1. The Morgan fingerprint density at radius 1 is 1.16 bits per heavy atom. The Labute approximate surface area is 145 Å². The molecule has 0 saturated carbocycles. The van der Waals surface area contributed by atoms with Gasteiger partial charge in [-0.25, -0.2) is 15.0 Å². The Morgan fingerprint density at radius 3 is 2.76 bits per heavy atom. The van der Waals surface area contributed by atoms with Crippen LogP contribution >= 0.6 is 0 Å². The molecule has 0 fully saturated rings. The van der Waals surface area contributed by atoms with Crippen molar-refractivity contribution in [3.63, 3.8) is 0 Å². The summed E-state index contributed by atoms with van der Waals surface area (Å²) >= 11 is 0. The van der Waals surface area contributed by atoms with Crippen LogP contribution in [-0.4, -0.2) is 29.3 Å². The van der Waals surface area contributed by atoms with Crippen LogP contribution in [0.15, 0.2) is 55.4 Å². The molecule has 0 saturated heterocycles. The zero-order valence-electron chi connectivity index (χ0n) is 14.2. The zero-order chi connectivity index (χ0) is 17.2. The van der Waals surface area contributed by atoms with Crippen LogP contribution in [0.25, 0.3) is 11.0 Å². The van der Waals surface area contributed by atoms with Crippen LogP contribution in [0.2, 0.25) is 0 Å². The van der Waals surface area contributed by atoms with Gasteiger partial charge in [-0.2, -0.15) is 5.10 Å². The van der Waals surface area contributed by atoms with Gasteiger partial charge in [-0.1, -0.05) is 30.3 Å². The van der Waals surface area contributed by atoms with Crippen molar-refractivity contribution in [3.05, 3.63) is 66.6 Å². The maximum absolute atomic E-state index is 4.48. The molecule has 7 nitrogen and oxygen atoms in total. The molecular formula is C18H19N7. The molecule has 1 aromatic carbocycles. The minimum atomic E-state index is 0.0492. The van der Waals surface area contributed by atoms with E-state index >= 15 is 0 Å². The molecule has 0 bridgehead atoms. The number of rotatable bonds is 5. The van der Waals surface area contributed by atoms with Crippen molar-refractivity contribution in [2.75, 3.05) is 5.32 Å². The highest BCUT2D eigenvalue weighted by atomic mass is 15.3. The van der Waals surface area contributed by atoms with E-state index in [1.807, 2.05) is 44.7 Å². The fourth-order valence-electron chi connectivity index (χ4n) is 3.08. The lowest BCUT2D eigenvalue weighted by atomic mass is 10.1. The smallest absolute Gasteiger partial charge is 0.163 e.